The molecule has 2 aliphatic rings. The number of likely N-dealkylation sites (tertiary alicyclic amines) is 1. The van der Waals surface area contributed by atoms with Gasteiger partial charge in [0.1, 0.15) is 84.3 Å². The number of esters is 1. The van der Waals surface area contributed by atoms with E-state index in [1.165, 1.54) is 37.8 Å². The summed E-state index contributed by atoms with van der Waals surface area (Å²) in [5.74, 6) is -17.0. The van der Waals surface area contributed by atoms with Crippen LogP contribution in [0.5, 0.6) is 0 Å². The summed E-state index contributed by atoms with van der Waals surface area (Å²) in [6.45, 7) is 26.9. The molecule has 4 rings (SSSR count). The van der Waals surface area contributed by atoms with Crippen LogP contribution in [0.15, 0.2) is 72.4 Å². The zero-order valence-corrected chi connectivity index (χ0v) is 66.6. The Balaban J connectivity index is 1.61. The average molecular weight is 1560 g/mol. The Kier molecular flexibility index (Phi) is 36.9. The molecule has 15 N–H and O–H groups in total. The number of rotatable bonds is 31. The van der Waals surface area contributed by atoms with Crippen molar-refractivity contribution in [3.63, 3.8) is 0 Å². The highest BCUT2D eigenvalue weighted by molar-refractivity contribution is 6.03. The summed E-state index contributed by atoms with van der Waals surface area (Å²) in [4.78, 5) is 202. The number of alkyl halides is 3. The molecule has 30 nitrogen and oxygen atoms in total. The van der Waals surface area contributed by atoms with Gasteiger partial charge in [-0.1, -0.05) is 158 Å². The third kappa shape index (κ3) is 27.6. The number of amides is 13. The minimum atomic E-state index is -4.58. The normalized spacial score (nSPS) is 22.1. The zero-order chi connectivity index (χ0) is 83.6. The van der Waals surface area contributed by atoms with Gasteiger partial charge in [0, 0.05) is 19.0 Å². The highest BCUT2D eigenvalue weighted by Gasteiger charge is 2.45. The molecule has 0 aliphatic carbocycles. The van der Waals surface area contributed by atoms with Gasteiger partial charge in [0.15, 0.2) is 0 Å². The number of hydrogen-bond acceptors (Lipinski definition) is 17. The second kappa shape index (κ2) is 43.7. The SMILES string of the molecule is C/C=C1\NC(=O)[C@H](Cc2ccccc2)NC(=O)[C@@H](C(C)C)NC(=O)[C@@H]([C@@H](C)CC)NC(=O)[C@H](NC(=O)[C@H](NC(=O)[C@H](CCCN)NC(=O)[C@H]2CCCN2C(=O)[C@H](NC(=O)[C@@H](NC(=O)[C@@H](NC(=O)[C@H](NC(=O)/C=C/c2ccc(C(F)(F)F)cc2)C(C)C)[C@@H](C)O)C(C)C)C(C)C)[C@@H](C)CC)[C@@H](C)OC(=O)[C@H](C(C)C)NC1=O. The average Bonchev–Trinajstić information content (AvgIpc) is 1.75. The number of cyclic esters (lactones) is 1. The van der Waals surface area contributed by atoms with E-state index >= 15 is 9.59 Å². The van der Waals surface area contributed by atoms with Gasteiger partial charge in [-0.05, 0) is 124 Å². The number of allylic oxidation sites excluding steroid dienone is 1. The molecule has 0 unspecified atom stereocenters. The number of nitrogens with one attached hydrogen (secondary N) is 12. The number of benzene rings is 2. The van der Waals surface area contributed by atoms with Crippen LogP contribution in [0.25, 0.3) is 6.08 Å². The molecule has 2 aromatic carbocycles. The zero-order valence-electron chi connectivity index (χ0n) is 66.6. The van der Waals surface area contributed by atoms with Crippen molar-refractivity contribution in [3.05, 3.63) is 89.1 Å². The van der Waals surface area contributed by atoms with Crippen molar-refractivity contribution in [1.82, 2.24) is 68.7 Å². The Morgan fingerprint density at radius 1 is 0.631 bits per heavy atom. The topological polar surface area (TPSA) is 442 Å². The van der Waals surface area contributed by atoms with Crippen molar-refractivity contribution in [2.75, 3.05) is 13.1 Å². The maximum atomic E-state index is 15.1. The van der Waals surface area contributed by atoms with Gasteiger partial charge in [-0.3, -0.25) is 62.3 Å². The number of halogens is 3. The van der Waals surface area contributed by atoms with Gasteiger partial charge in [0.05, 0.1) is 11.7 Å². The molecule has 13 amide bonds. The number of carbonyl (C=O) groups is 14. The Bertz CT molecular complexity index is 3630. The summed E-state index contributed by atoms with van der Waals surface area (Å²) in [5.41, 5.74) is 5.67. The summed E-state index contributed by atoms with van der Waals surface area (Å²) in [6, 6.07) is -4.47. The molecule has 0 bridgehead atoms. The molecule has 0 aromatic heterocycles. The van der Waals surface area contributed by atoms with Crippen molar-refractivity contribution in [3.8, 4) is 0 Å². The summed E-state index contributed by atoms with van der Waals surface area (Å²) >= 11 is 0. The van der Waals surface area contributed by atoms with E-state index < -0.39 is 221 Å². The Hall–Kier alpha value is -9.79. The van der Waals surface area contributed by atoms with E-state index in [2.05, 4.69) is 63.8 Å². The van der Waals surface area contributed by atoms with Crippen molar-refractivity contribution in [2.45, 2.75) is 254 Å². The molecule has 2 fully saturated rings. The van der Waals surface area contributed by atoms with Crippen molar-refractivity contribution in [1.29, 1.82) is 0 Å². The molecule has 16 atom stereocenters. The number of nitrogens with zero attached hydrogens (tertiary/aromatic N) is 1. The van der Waals surface area contributed by atoms with Gasteiger partial charge in [0.25, 0.3) is 5.91 Å². The summed E-state index contributed by atoms with van der Waals surface area (Å²) < 4.78 is 45.3. The van der Waals surface area contributed by atoms with Crippen LogP contribution in [0.3, 0.4) is 0 Å². The number of hydrogen-bond donors (Lipinski definition) is 14. The minimum Gasteiger partial charge on any atom is -0.458 e. The molecule has 111 heavy (non-hydrogen) atoms. The largest absolute Gasteiger partial charge is 0.458 e. The molecule has 616 valence electrons. The number of aliphatic hydroxyl groups is 1. The van der Waals surface area contributed by atoms with E-state index in [9.17, 15) is 75.8 Å². The molecular weight excluding hydrogens is 1450 g/mol. The first-order valence-corrected chi connectivity index (χ1v) is 38.1. The van der Waals surface area contributed by atoms with Crippen LogP contribution >= 0.6 is 0 Å². The van der Waals surface area contributed by atoms with E-state index in [0.717, 1.165) is 30.3 Å². The van der Waals surface area contributed by atoms with E-state index in [0.29, 0.717) is 12.0 Å². The molecule has 2 saturated heterocycles. The van der Waals surface area contributed by atoms with Crippen LogP contribution in [0.4, 0.5) is 13.2 Å². The first-order valence-electron chi connectivity index (χ1n) is 38.1. The van der Waals surface area contributed by atoms with Gasteiger partial charge in [-0.15, -0.1) is 0 Å². The van der Waals surface area contributed by atoms with Crippen molar-refractivity contribution >= 4 is 88.8 Å². The molecule has 0 spiro atoms. The maximum absolute atomic E-state index is 15.1. The number of ether oxygens (including phenoxy) is 1. The van der Waals surface area contributed by atoms with Gasteiger partial charge in [0.2, 0.25) is 70.9 Å². The van der Waals surface area contributed by atoms with Crippen molar-refractivity contribution in [2.24, 2.45) is 47.2 Å². The number of nitrogens with two attached hydrogens (primary N) is 1. The van der Waals surface area contributed by atoms with E-state index in [4.69, 9.17) is 10.5 Å². The highest BCUT2D eigenvalue weighted by Crippen LogP contribution is 2.30. The highest BCUT2D eigenvalue weighted by atomic mass is 19.4. The van der Waals surface area contributed by atoms with E-state index in [1.807, 2.05) is 0 Å². The lowest BCUT2D eigenvalue weighted by Gasteiger charge is -2.33. The second-order valence-corrected chi connectivity index (χ2v) is 30.3. The predicted molar refractivity (Wildman–Crippen MR) is 407 cm³/mol. The van der Waals surface area contributed by atoms with Crippen LogP contribution in [0.1, 0.15) is 173 Å². The molecule has 2 aromatic rings. The number of carbonyl (C=O) groups excluding carboxylic acids is 14. The molecular formula is C78H117F3N14O16. The van der Waals surface area contributed by atoms with Crippen LogP contribution in [-0.4, -0.2) is 191 Å². The van der Waals surface area contributed by atoms with Gasteiger partial charge < -0.3 is 84.3 Å². The fraction of sp³-hybridized carbons (Fsp3) is 0.615. The van der Waals surface area contributed by atoms with Crippen molar-refractivity contribution < 1.29 is 90.1 Å². The quantitative estimate of drug-likeness (QED) is 0.0381. The Labute approximate surface area is 648 Å². The third-order valence-corrected chi connectivity index (χ3v) is 19.7. The second-order valence-electron chi connectivity index (χ2n) is 30.3. The third-order valence-electron chi connectivity index (χ3n) is 19.7. The van der Waals surface area contributed by atoms with Crippen LogP contribution < -0.4 is 69.5 Å². The van der Waals surface area contributed by atoms with Crippen LogP contribution in [-0.2, 0) is 84.5 Å². The molecule has 2 heterocycles. The molecule has 0 saturated carbocycles. The van der Waals surface area contributed by atoms with Crippen LogP contribution in [0.2, 0.25) is 0 Å². The lowest BCUT2D eigenvalue weighted by Crippen LogP contribution is -2.64. The Morgan fingerprint density at radius 3 is 1.70 bits per heavy atom. The van der Waals surface area contributed by atoms with Gasteiger partial charge in [-0.2, -0.15) is 13.2 Å². The smallest absolute Gasteiger partial charge is 0.416 e. The first kappa shape index (κ1) is 93.6. The fourth-order valence-electron chi connectivity index (χ4n) is 12.4. The monoisotopic (exact) mass is 1560 g/mol. The van der Waals surface area contributed by atoms with E-state index in [1.54, 1.807) is 127 Å². The molecule has 2 aliphatic heterocycles. The fourth-order valence-corrected chi connectivity index (χ4v) is 12.4. The molecule has 0 radical (unpaired) electrons. The lowest BCUT2D eigenvalue weighted by atomic mass is 9.95. The summed E-state index contributed by atoms with van der Waals surface area (Å²) in [7, 11) is 0. The van der Waals surface area contributed by atoms with Gasteiger partial charge in [-0.25, -0.2) is 4.79 Å². The van der Waals surface area contributed by atoms with E-state index in [-0.39, 0.29) is 62.9 Å². The van der Waals surface area contributed by atoms with Crippen LogP contribution in [0, 0.1) is 41.4 Å². The lowest BCUT2D eigenvalue weighted by molar-refractivity contribution is -0.157. The summed E-state index contributed by atoms with van der Waals surface area (Å²) in [5, 5.41) is 42.6. The maximum Gasteiger partial charge on any atom is 0.416 e. The molecule has 33 heteroatoms. The first-order chi connectivity index (χ1) is 52.0. The minimum absolute atomic E-state index is 0.0275. The Morgan fingerprint density at radius 2 is 1.17 bits per heavy atom. The summed E-state index contributed by atoms with van der Waals surface area (Å²) in [6.07, 6.45) is -3.26. The standard InChI is InChI=1S/C78H117F3N14O16/c1-18-44(14)61(73(106)94-64-47(17)111-77(110)60(43(12)13)90-65(98)51(20-3)83-67(100)53(38-49-26-22-21-23-27-49)85-69(102)57(40(6)7)87-72(105)62(45(15)19-2)92-75(64)108)91-66(99)52(28-24-36-82)84-68(101)54-29-25-37-95(54)76(109)59(42(10)11)89-71(104)58(41(8)9)88-74(107)63(46(16)96)93-70(103)56(39(4)5)86-55(97)35-32-48-30-33-50(34-31-48)78(79,80)81/h20-23,26-27,30-35,39-47,52-54,56-64,96H,18-19,24-25,28-29,36-38,82H2,1-17H3,(H,83,100)(H,84,101)(H,85,102)(H,86,97)(H,87,105)(H,88,107)(H,89,104)(H,90,98)(H,91,99)(H,92,108)(H,93,103)(H,94,106)/b35-32+,51-20-/t44-,45-,46+,47+,52-,53-,54+,56+,57+,58-,59+,60-,61+,62+,63-,64+/m0/s1. The van der Waals surface area contributed by atoms with Gasteiger partial charge >= 0.3 is 12.1 Å². The predicted octanol–water partition coefficient (Wildman–Crippen LogP) is 2.74. The number of aliphatic hydroxyl groups excluding tert-OH is 1.